The fraction of sp³-hybridized carbons (Fsp3) is 0.316. The van der Waals surface area contributed by atoms with Crippen LogP contribution in [0, 0.1) is 0 Å². The van der Waals surface area contributed by atoms with Crippen LogP contribution in [0.1, 0.15) is 34.7 Å². The van der Waals surface area contributed by atoms with Crippen molar-refractivity contribution in [1.29, 1.82) is 0 Å². The summed E-state index contributed by atoms with van der Waals surface area (Å²) in [5.41, 5.74) is -0.604. The molecule has 1 amide bonds. The minimum absolute atomic E-state index is 0.129. The molecular weight excluding hydrogens is 419 g/mol. The summed E-state index contributed by atoms with van der Waals surface area (Å²) in [5.74, 6) is -0.695. The molecule has 0 saturated carbocycles. The zero-order valence-corrected chi connectivity index (χ0v) is 16.0. The molecule has 1 aliphatic rings. The average molecular weight is 435 g/mol. The standard InChI is InChI=1S/C19H16F3N5O4/c20-19(21,22)12-5-6-16(23-9-12)27-10-13(24-25-27)11-31-18(29)14-3-1-7-26(14)17(28)15-4-2-8-30-15/h2,4-6,8-10,14H,1,3,7,11H2. The van der Waals surface area contributed by atoms with Crippen LogP contribution in [-0.4, -0.2) is 49.3 Å². The van der Waals surface area contributed by atoms with Gasteiger partial charge < -0.3 is 14.1 Å². The SMILES string of the molecule is O=C(OCc1cn(-c2ccc(C(F)(F)F)cn2)nn1)C1CCCN1C(=O)c1ccco1. The largest absolute Gasteiger partial charge is 0.459 e. The number of aromatic nitrogens is 4. The number of hydrogen-bond acceptors (Lipinski definition) is 7. The molecule has 0 spiro atoms. The topological polar surface area (TPSA) is 103 Å². The van der Waals surface area contributed by atoms with Gasteiger partial charge in [-0.1, -0.05) is 5.21 Å². The predicted octanol–water partition coefficient (Wildman–Crippen LogP) is 2.62. The van der Waals surface area contributed by atoms with Crippen LogP contribution in [-0.2, 0) is 22.3 Å². The highest BCUT2D eigenvalue weighted by Gasteiger charge is 2.36. The smallest absolute Gasteiger partial charge is 0.417 e. The number of esters is 1. The van der Waals surface area contributed by atoms with Crippen molar-refractivity contribution in [2.45, 2.75) is 31.7 Å². The molecule has 0 bridgehead atoms. The van der Waals surface area contributed by atoms with Gasteiger partial charge in [0.1, 0.15) is 18.3 Å². The van der Waals surface area contributed by atoms with Gasteiger partial charge in [0.05, 0.1) is 18.0 Å². The van der Waals surface area contributed by atoms with Gasteiger partial charge in [-0.3, -0.25) is 4.79 Å². The van der Waals surface area contributed by atoms with Crippen molar-refractivity contribution >= 4 is 11.9 Å². The van der Waals surface area contributed by atoms with E-state index in [0.29, 0.717) is 25.6 Å². The average Bonchev–Trinajstić information content (AvgIpc) is 3.52. The normalized spacial score (nSPS) is 16.5. The quantitative estimate of drug-likeness (QED) is 0.568. The number of ether oxygens (including phenoxy) is 1. The van der Waals surface area contributed by atoms with Crippen LogP contribution in [0.2, 0.25) is 0 Å². The summed E-state index contributed by atoms with van der Waals surface area (Å²) in [6, 6.07) is 4.42. The van der Waals surface area contributed by atoms with Crippen molar-refractivity contribution in [3.05, 3.63) is 59.9 Å². The van der Waals surface area contributed by atoms with E-state index in [2.05, 4.69) is 15.3 Å². The lowest BCUT2D eigenvalue weighted by atomic mass is 10.2. The molecule has 1 aliphatic heterocycles. The van der Waals surface area contributed by atoms with Crippen LogP contribution in [0.25, 0.3) is 5.82 Å². The van der Waals surface area contributed by atoms with Crippen LogP contribution in [0.3, 0.4) is 0 Å². The molecule has 31 heavy (non-hydrogen) atoms. The molecule has 0 aliphatic carbocycles. The van der Waals surface area contributed by atoms with Gasteiger partial charge in [0.2, 0.25) is 0 Å². The summed E-state index contributed by atoms with van der Waals surface area (Å²) < 4.78 is 49.5. The summed E-state index contributed by atoms with van der Waals surface area (Å²) in [5, 5.41) is 7.62. The third kappa shape index (κ3) is 4.42. The molecule has 0 radical (unpaired) electrons. The maximum absolute atomic E-state index is 12.6. The van der Waals surface area contributed by atoms with E-state index in [-0.39, 0.29) is 29.8 Å². The highest BCUT2D eigenvalue weighted by molar-refractivity contribution is 5.94. The van der Waals surface area contributed by atoms with E-state index in [1.807, 2.05) is 0 Å². The molecule has 1 unspecified atom stereocenters. The number of carbonyl (C=O) groups is 2. The van der Waals surface area contributed by atoms with Crippen molar-refractivity contribution in [3.63, 3.8) is 0 Å². The van der Waals surface area contributed by atoms with E-state index in [9.17, 15) is 22.8 Å². The second kappa shape index (κ2) is 8.20. The van der Waals surface area contributed by atoms with Gasteiger partial charge in [-0.05, 0) is 37.1 Å². The number of likely N-dealkylation sites (tertiary alicyclic amines) is 1. The van der Waals surface area contributed by atoms with Gasteiger partial charge in [-0.2, -0.15) is 13.2 Å². The van der Waals surface area contributed by atoms with Crippen LogP contribution in [0.4, 0.5) is 13.2 Å². The number of alkyl halides is 3. The molecule has 1 saturated heterocycles. The molecule has 0 N–H and O–H groups in total. The lowest BCUT2D eigenvalue weighted by Crippen LogP contribution is -2.41. The number of halogens is 3. The first-order valence-corrected chi connectivity index (χ1v) is 9.29. The predicted molar refractivity (Wildman–Crippen MR) is 96.7 cm³/mol. The summed E-state index contributed by atoms with van der Waals surface area (Å²) in [6.07, 6.45) is 0.103. The van der Waals surface area contributed by atoms with Crippen LogP contribution < -0.4 is 0 Å². The third-order valence-electron chi connectivity index (χ3n) is 4.73. The zero-order chi connectivity index (χ0) is 22.0. The number of rotatable bonds is 5. The van der Waals surface area contributed by atoms with Crippen LogP contribution >= 0.6 is 0 Å². The number of hydrogen-bond donors (Lipinski definition) is 0. The van der Waals surface area contributed by atoms with Crippen molar-refractivity contribution in [2.24, 2.45) is 0 Å². The summed E-state index contributed by atoms with van der Waals surface area (Å²) in [4.78, 5) is 30.1. The molecule has 3 aromatic rings. The zero-order valence-electron chi connectivity index (χ0n) is 16.0. The van der Waals surface area contributed by atoms with E-state index < -0.39 is 23.8 Å². The third-order valence-corrected chi connectivity index (χ3v) is 4.73. The van der Waals surface area contributed by atoms with E-state index in [4.69, 9.17) is 9.15 Å². The van der Waals surface area contributed by atoms with Crippen molar-refractivity contribution < 1.29 is 31.9 Å². The minimum atomic E-state index is -4.49. The number of carbonyl (C=O) groups excluding carboxylic acids is 2. The lowest BCUT2D eigenvalue weighted by Gasteiger charge is -2.22. The first-order chi connectivity index (χ1) is 14.8. The Bertz CT molecular complexity index is 1060. The van der Waals surface area contributed by atoms with Gasteiger partial charge in [-0.25, -0.2) is 14.5 Å². The van der Waals surface area contributed by atoms with Gasteiger partial charge in [0.25, 0.3) is 5.91 Å². The maximum atomic E-state index is 12.6. The molecule has 3 aromatic heterocycles. The molecule has 1 fully saturated rings. The maximum Gasteiger partial charge on any atom is 0.417 e. The Morgan fingerprint density at radius 3 is 2.77 bits per heavy atom. The van der Waals surface area contributed by atoms with Gasteiger partial charge >= 0.3 is 12.1 Å². The summed E-state index contributed by atoms with van der Waals surface area (Å²) >= 11 is 0. The molecule has 12 heteroatoms. The Morgan fingerprint density at radius 1 is 1.26 bits per heavy atom. The fourth-order valence-corrected chi connectivity index (χ4v) is 3.20. The minimum Gasteiger partial charge on any atom is -0.459 e. The second-order valence-corrected chi connectivity index (χ2v) is 6.80. The van der Waals surface area contributed by atoms with Crippen LogP contribution in [0.15, 0.2) is 47.3 Å². The number of furan rings is 1. The van der Waals surface area contributed by atoms with Crippen molar-refractivity contribution in [3.8, 4) is 5.82 Å². The Morgan fingerprint density at radius 2 is 2.10 bits per heavy atom. The summed E-state index contributed by atoms with van der Waals surface area (Å²) in [7, 11) is 0. The Balaban J connectivity index is 1.37. The number of pyridine rings is 1. The lowest BCUT2D eigenvalue weighted by molar-refractivity contribution is -0.149. The van der Waals surface area contributed by atoms with Gasteiger partial charge in [-0.15, -0.1) is 5.10 Å². The van der Waals surface area contributed by atoms with Gasteiger partial charge in [0.15, 0.2) is 11.6 Å². The van der Waals surface area contributed by atoms with Crippen molar-refractivity contribution in [1.82, 2.24) is 24.9 Å². The number of nitrogens with zero attached hydrogens (tertiary/aromatic N) is 5. The second-order valence-electron chi connectivity index (χ2n) is 6.80. The molecule has 1 atom stereocenters. The van der Waals surface area contributed by atoms with E-state index in [0.717, 1.165) is 12.1 Å². The first-order valence-electron chi connectivity index (χ1n) is 9.29. The fourth-order valence-electron chi connectivity index (χ4n) is 3.20. The number of amides is 1. The van der Waals surface area contributed by atoms with E-state index >= 15 is 0 Å². The molecule has 4 rings (SSSR count). The molecule has 0 aromatic carbocycles. The highest BCUT2D eigenvalue weighted by Crippen LogP contribution is 2.28. The molecule has 4 heterocycles. The first kappa shape index (κ1) is 20.6. The Labute approximate surface area is 173 Å². The van der Waals surface area contributed by atoms with Gasteiger partial charge in [0, 0.05) is 12.7 Å². The highest BCUT2D eigenvalue weighted by atomic mass is 19.4. The van der Waals surface area contributed by atoms with E-state index in [1.165, 1.54) is 28.1 Å². The Hall–Kier alpha value is -3.70. The van der Waals surface area contributed by atoms with E-state index in [1.54, 1.807) is 6.07 Å². The molecule has 162 valence electrons. The molecular formula is C19H16F3N5O4. The molecule has 9 nitrogen and oxygen atoms in total. The van der Waals surface area contributed by atoms with Crippen LogP contribution in [0.5, 0.6) is 0 Å². The summed E-state index contributed by atoms with van der Waals surface area (Å²) in [6.45, 7) is 0.202. The Kier molecular flexibility index (Phi) is 5.44. The van der Waals surface area contributed by atoms with Crippen molar-refractivity contribution in [2.75, 3.05) is 6.54 Å². The monoisotopic (exact) mass is 435 g/mol.